The number of rotatable bonds is 10. The van der Waals surface area contributed by atoms with Crippen LogP contribution in [-0.4, -0.2) is 48.2 Å². The fourth-order valence-corrected chi connectivity index (χ4v) is 2.76. The predicted molar refractivity (Wildman–Crippen MR) is 74.1 cm³/mol. The number of nitrogens with zero attached hydrogens (tertiary/aromatic N) is 2. The number of carboxylic acid groups (broad SMARTS) is 2. The van der Waals surface area contributed by atoms with Gasteiger partial charge in [0.15, 0.2) is 5.06 Å². The quantitative estimate of drug-likeness (QED) is 0.546. The summed E-state index contributed by atoms with van der Waals surface area (Å²) < 4.78 is 9.22. The van der Waals surface area contributed by atoms with Crippen LogP contribution in [0.3, 0.4) is 0 Å². The molecule has 0 saturated carbocycles. The molecule has 0 fully saturated rings. The topological polar surface area (TPSA) is 154 Å². The van der Waals surface area contributed by atoms with E-state index < -0.39 is 25.0 Å². The Morgan fingerprint density at radius 1 is 1.22 bits per heavy atom. The smallest absolute Gasteiger partial charge is 0.323 e. The molecule has 0 bridgehead atoms. The van der Waals surface area contributed by atoms with Crippen molar-refractivity contribution in [1.29, 1.82) is 5.26 Å². The van der Waals surface area contributed by atoms with Crippen molar-refractivity contribution in [2.24, 2.45) is 0 Å². The molecule has 23 heavy (non-hydrogen) atoms. The van der Waals surface area contributed by atoms with Gasteiger partial charge >= 0.3 is 11.9 Å². The predicted octanol–water partition coefficient (Wildman–Crippen LogP) is -0.196. The van der Waals surface area contributed by atoms with Gasteiger partial charge in [-0.05, 0) is 0 Å². The molecule has 122 valence electrons. The van der Waals surface area contributed by atoms with Gasteiger partial charge in [-0.2, -0.15) is 5.26 Å². The molecule has 0 aliphatic heterocycles. The summed E-state index contributed by atoms with van der Waals surface area (Å²) in [5.41, 5.74) is -0.0799. The maximum atomic E-state index is 10.9. The Morgan fingerprint density at radius 3 is 2.26 bits per heavy atom. The SMILES string of the molecule is N#Cc1c(N(CC(=O)O)CC(=O)O)sc(OC=O)c1COC=O. The van der Waals surface area contributed by atoms with Crippen LogP contribution in [0.1, 0.15) is 11.1 Å². The van der Waals surface area contributed by atoms with Crippen LogP contribution in [0, 0.1) is 11.3 Å². The van der Waals surface area contributed by atoms with Crippen molar-refractivity contribution in [3.63, 3.8) is 0 Å². The van der Waals surface area contributed by atoms with Crippen LogP contribution >= 0.6 is 11.3 Å². The lowest BCUT2D eigenvalue weighted by Crippen LogP contribution is -2.34. The Morgan fingerprint density at radius 2 is 1.83 bits per heavy atom. The molecule has 11 heteroatoms. The van der Waals surface area contributed by atoms with E-state index in [4.69, 9.17) is 10.2 Å². The molecule has 0 amide bonds. The van der Waals surface area contributed by atoms with Crippen molar-refractivity contribution in [1.82, 2.24) is 0 Å². The summed E-state index contributed by atoms with van der Waals surface area (Å²) in [4.78, 5) is 43.5. The van der Waals surface area contributed by atoms with Crippen molar-refractivity contribution < 1.29 is 38.9 Å². The molecule has 1 aromatic rings. The van der Waals surface area contributed by atoms with Crippen molar-refractivity contribution in [2.75, 3.05) is 18.0 Å². The van der Waals surface area contributed by atoms with E-state index in [-0.39, 0.29) is 40.7 Å². The molecule has 1 heterocycles. The number of ether oxygens (including phenoxy) is 2. The molecule has 0 aromatic carbocycles. The normalized spacial score (nSPS) is 9.52. The fraction of sp³-hybridized carbons (Fsp3) is 0.250. The van der Waals surface area contributed by atoms with Crippen LogP contribution in [0.4, 0.5) is 5.00 Å². The number of nitriles is 1. The minimum absolute atomic E-state index is 0.0151. The first-order valence-electron chi connectivity index (χ1n) is 5.84. The Bertz CT molecular complexity index is 647. The molecule has 0 unspecified atom stereocenters. The van der Waals surface area contributed by atoms with Gasteiger partial charge in [0.05, 0.1) is 11.1 Å². The molecule has 0 aliphatic carbocycles. The number of anilines is 1. The molecule has 0 radical (unpaired) electrons. The van der Waals surface area contributed by atoms with Gasteiger partial charge in [0.1, 0.15) is 30.8 Å². The van der Waals surface area contributed by atoms with Crippen LogP contribution < -0.4 is 9.64 Å². The first-order valence-corrected chi connectivity index (χ1v) is 6.66. The highest BCUT2D eigenvalue weighted by molar-refractivity contribution is 7.18. The van der Waals surface area contributed by atoms with E-state index in [9.17, 15) is 24.4 Å². The van der Waals surface area contributed by atoms with Crippen molar-refractivity contribution in [3.8, 4) is 11.1 Å². The summed E-state index contributed by atoms with van der Waals surface area (Å²) in [7, 11) is 0. The molecule has 0 aliphatic rings. The van der Waals surface area contributed by atoms with Gasteiger partial charge in [-0.3, -0.25) is 19.2 Å². The summed E-state index contributed by atoms with van der Waals surface area (Å²) in [5.74, 6) is -2.63. The summed E-state index contributed by atoms with van der Waals surface area (Å²) in [6.45, 7) is -1.55. The maximum Gasteiger partial charge on any atom is 0.323 e. The minimum Gasteiger partial charge on any atom is -0.480 e. The minimum atomic E-state index is -1.31. The zero-order valence-corrected chi connectivity index (χ0v) is 12.2. The highest BCUT2D eigenvalue weighted by Gasteiger charge is 2.26. The van der Waals surface area contributed by atoms with Gasteiger partial charge in [0, 0.05) is 0 Å². The summed E-state index contributed by atoms with van der Waals surface area (Å²) in [5, 5.41) is 26.9. The Labute approximate surface area is 133 Å². The summed E-state index contributed by atoms with van der Waals surface area (Å²) in [6.07, 6.45) is 0. The molecule has 0 saturated heterocycles. The number of carboxylic acids is 2. The van der Waals surface area contributed by atoms with Gasteiger partial charge in [0.2, 0.25) is 0 Å². The van der Waals surface area contributed by atoms with Crippen molar-refractivity contribution in [3.05, 3.63) is 11.1 Å². The van der Waals surface area contributed by atoms with E-state index in [1.807, 2.05) is 0 Å². The molecular formula is C12H10N2O8S. The van der Waals surface area contributed by atoms with E-state index in [0.717, 1.165) is 4.90 Å². The third-order valence-corrected chi connectivity index (χ3v) is 3.64. The standard InChI is InChI=1S/C12H10N2O8S/c13-1-7-8(4-21-5-15)12(22-6-16)23-11(7)14(2-9(17)18)3-10(19)20/h5-6H,2-4H2,(H,17,18)(H,19,20). The average molecular weight is 342 g/mol. The maximum absolute atomic E-state index is 10.9. The average Bonchev–Trinajstić information content (AvgIpc) is 2.81. The fourth-order valence-electron chi connectivity index (χ4n) is 1.68. The molecule has 1 aromatic heterocycles. The van der Waals surface area contributed by atoms with Gasteiger partial charge in [-0.1, -0.05) is 11.3 Å². The second-order valence-corrected chi connectivity index (χ2v) is 4.89. The molecule has 1 rings (SSSR count). The number of aliphatic carboxylic acids is 2. The number of carbonyl (C=O) groups excluding carboxylic acids is 2. The molecule has 0 atom stereocenters. The van der Waals surface area contributed by atoms with Gasteiger partial charge in [-0.15, -0.1) is 0 Å². The van der Waals surface area contributed by atoms with Crippen LogP contribution in [0.2, 0.25) is 0 Å². The van der Waals surface area contributed by atoms with Crippen LogP contribution in [0.15, 0.2) is 0 Å². The number of thiophene rings is 1. The Balaban J connectivity index is 3.37. The van der Waals surface area contributed by atoms with Crippen molar-refractivity contribution >= 4 is 41.2 Å². The number of hydrogen-bond acceptors (Lipinski definition) is 9. The lowest BCUT2D eigenvalue weighted by Gasteiger charge is -2.18. The molecule has 10 nitrogen and oxygen atoms in total. The van der Waals surface area contributed by atoms with E-state index in [1.165, 1.54) is 0 Å². The second-order valence-electron chi connectivity index (χ2n) is 3.92. The highest BCUT2D eigenvalue weighted by atomic mass is 32.1. The molecule has 0 spiro atoms. The first-order chi connectivity index (χ1) is 10.9. The first kappa shape index (κ1) is 17.9. The Hall–Kier alpha value is -3.13. The summed E-state index contributed by atoms with van der Waals surface area (Å²) >= 11 is 0.705. The van der Waals surface area contributed by atoms with E-state index in [2.05, 4.69) is 9.47 Å². The number of carbonyl (C=O) groups is 4. The van der Waals surface area contributed by atoms with E-state index in [1.54, 1.807) is 6.07 Å². The third kappa shape index (κ3) is 4.68. The monoisotopic (exact) mass is 342 g/mol. The highest BCUT2D eigenvalue weighted by Crippen LogP contribution is 2.41. The van der Waals surface area contributed by atoms with Crippen LogP contribution in [0.25, 0.3) is 0 Å². The van der Waals surface area contributed by atoms with Crippen LogP contribution in [0.5, 0.6) is 5.06 Å². The van der Waals surface area contributed by atoms with Crippen molar-refractivity contribution in [2.45, 2.75) is 6.61 Å². The van der Waals surface area contributed by atoms with Crippen LogP contribution in [-0.2, 0) is 30.5 Å². The largest absolute Gasteiger partial charge is 0.480 e. The van der Waals surface area contributed by atoms with Gasteiger partial charge in [-0.25, -0.2) is 0 Å². The number of hydrogen-bond donors (Lipinski definition) is 2. The zero-order chi connectivity index (χ0) is 17.4. The summed E-state index contributed by atoms with van der Waals surface area (Å²) in [6, 6.07) is 1.77. The Kier molecular flexibility index (Phi) is 6.50. The van der Waals surface area contributed by atoms with Gasteiger partial charge < -0.3 is 24.6 Å². The molecule has 2 N–H and O–H groups in total. The second kappa shape index (κ2) is 8.35. The zero-order valence-electron chi connectivity index (χ0n) is 11.4. The van der Waals surface area contributed by atoms with E-state index in [0.29, 0.717) is 11.3 Å². The third-order valence-electron chi connectivity index (χ3n) is 2.45. The molecular weight excluding hydrogens is 332 g/mol. The van der Waals surface area contributed by atoms with E-state index >= 15 is 0 Å². The lowest BCUT2D eigenvalue weighted by molar-refractivity contribution is -0.136. The van der Waals surface area contributed by atoms with Gasteiger partial charge in [0.25, 0.3) is 12.9 Å². The lowest BCUT2D eigenvalue weighted by atomic mass is 10.2.